The molecule has 1 aromatic carbocycles. The van der Waals surface area contributed by atoms with Crippen molar-refractivity contribution in [3.05, 3.63) is 23.2 Å². The topological polar surface area (TPSA) is 79.0 Å². The smallest absolute Gasteiger partial charge is 0.379 e. The zero-order chi connectivity index (χ0) is 20.9. The second-order valence-corrected chi connectivity index (χ2v) is 8.65. The summed E-state index contributed by atoms with van der Waals surface area (Å²) < 4.78 is 68.6. The van der Waals surface area contributed by atoms with E-state index in [1.54, 1.807) is 0 Å². The summed E-state index contributed by atoms with van der Waals surface area (Å²) in [5.41, 5.74) is 0.0743. The van der Waals surface area contributed by atoms with Crippen LogP contribution in [0.15, 0.2) is 23.1 Å². The minimum Gasteiger partial charge on any atom is -0.379 e. The van der Waals surface area contributed by atoms with E-state index in [0.29, 0.717) is 13.2 Å². The fraction of sp³-hybridized carbons (Fsp3) is 0.562. The molecule has 0 radical (unpaired) electrons. The standard InChI is InChI=1S/C16H21ClF3N3O4S/c1-22(5-4-16(18,19)20)11-15(24)21-14-10-12(2-3-13(14)17)28(25,26)23-6-8-27-9-7-23/h2-3,10H,4-9,11H2,1H3,(H,21,24). The van der Waals surface area contributed by atoms with Gasteiger partial charge in [0.25, 0.3) is 0 Å². The van der Waals surface area contributed by atoms with Gasteiger partial charge in [0.05, 0.1) is 41.8 Å². The Morgan fingerprint density at radius 3 is 2.57 bits per heavy atom. The Hall–Kier alpha value is -1.40. The highest BCUT2D eigenvalue weighted by atomic mass is 35.5. The average Bonchev–Trinajstić information content (AvgIpc) is 2.62. The maximum Gasteiger partial charge on any atom is 0.390 e. The van der Waals surface area contributed by atoms with Gasteiger partial charge in [-0.25, -0.2) is 8.42 Å². The lowest BCUT2D eigenvalue weighted by Gasteiger charge is -2.26. The number of carbonyl (C=O) groups is 1. The summed E-state index contributed by atoms with van der Waals surface area (Å²) in [5, 5.41) is 2.57. The zero-order valence-corrected chi connectivity index (χ0v) is 16.7. The summed E-state index contributed by atoms with van der Waals surface area (Å²) >= 11 is 6.03. The molecule has 1 heterocycles. The van der Waals surface area contributed by atoms with Crippen molar-refractivity contribution in [1.29, 1.82) is 0 Å². The molecule has 1 aliphatic heterocycles. The number of halogens is 4. The average molecular weight is 444 g/mol. The Labute approximate surface area is 166 Å². The minimum atomic E-state index is -4.31. The van der Waals surface area contributed by atoms with Crippen LogP contribution in [0.2, 0.25) is 5.02 Å². The van der Waals surface area contributed by atoms with Crippen LogP contribution in [-0.4, -0.2) is 76.1 Å². The monoisotopic (exact) mass is 443 g/mol. The zero-order valence-electron chi connectivity index (χ0n) is 15.1. The predicted octanol–water partition coefficient (Wildman–Crippen LogP) is 2.18. The molecule has 0 aliphatic carbocycles. The first-order valence-electron chi connectivity index (χ1n) is 8.41. The lowest BCUT2D eigenvalue weighted by molar-refractivity contribution is -0.138. The van der Waals surface area contributed by atoms with Crippen LogP contribution in [0.1, 0.15) is 6.42 Å². The van der Waals surface area contributed by atoms with Gasteiger partial charge in [-0.05, 0) is 25.2 Å². The Kier molecular flexibility index (Phi) is 7.68. The van der Waals surface area contributed by atoms with Crippen LogP contribution in [-0.2, 0) is 19.6 Å². The molecular formula is C16H21ClF3N3O4S. The number of anilines is 1. The van der Waals surface area contributed by atoms with Gasteiger partial charge in [-0.15, -0.1) is 0 Å². The maximum absolute atomic E-state index is 12.7. The highest BCUT2D eigenvalue weighted by Gasteiger charge is 2.28. The first-order valence-corrected chi connectivity index (χ1v) is 10.2. The van der Waals surface area contributed by atoms with Gasteiger partial charge < -0.3 is 10.1 Å². The summed E-state index contributed by atoms with van der Waals surface area (Å²) in [6, 6.07) is 3.91. The molecule has 1 saturated heterocycles. The van der Waals surface area contributed by atoms with Crippen LogP contribution in [0, 0.1) is 0 Å². The number of likely N-dealkylation sites (N-methyl/N-ethyl adjacent to an activating group) is 1. The molecule has 28 heavy (non-hydrogen) atoms. The third-order valence-electron chi connectivity index (χ3n) is 4.01. The van der Waals surface area contributed by atoms with Crippen LogP contribution < -0.4 is 5.32 Å². The second kappa shape index (κ2) is 9.40. The summed E-state index contributed by atoms with van der Waals surface area (Å²) in [7, 11) is -2.40. The van der Waals surface area contributed by atoms with Crippen molar-refractivity contribution < 1.29 is 31.1 Å². The third kappa shape index (κ3) is 6.59. The van der Waals surface area contributed by atoms with Crippen LogP contribution >= 0.6 is 11.6 Å². The minimum absolute atomic E-state index is 0.0421. The number of nitrogens with zero attached hydrogens (tertiary/aromatic N) is 2. The van der Waals surface area contributed by atoms with Crippen LogP contribution in [0.3, 0.4) is 0 Å². The van der Waals surface area contributed by atoms with Gasteiger partial charge >= 0.3 is 6.18 Å². The fourth-order valence-corrected chi connectivity index (χ4v) is 4.13. The Bertz CT molecular complexity index is 799. The quantitative estimate of drug-likeness (QED) is 0.699. The molecule has 1 fully saturated rings. The largest absolute Gasteiger partial charge is 0.390 e. The van der Waals surface area contributed by atoms with E-state index in [4.69, 9.17) is 16.3 Å². The number of alkyl halides is 3. The molecule has 0 spiro atoms. The van der Waals surface area contributed by atoms with E-state index >= 15 is 0 Å². The van der Waals surface area contributed by atoms with Crippen LogP contribution in [0.4, 0.5) is 18.9 Å². The van der Waals surface area contributed by atoms with E-state index in [1.165, 1.54) is 34.5 Å². The molecule has 1 amide bonds. The Morgan fingerprint density at radius 1 is 1.32 bits per heavy atom. The molecule has 0 atom stereocenters. The molecular weight excluding hydrogens is 423 g/mol. The van der Waals surface area contributed by atoms with Gasteiger partial charge in [-0.1, -0.05) is 11.6 Å². The normalized spacial score (nSPS) is 16.4. The van der Waals surface area contributed by atoms with Crippen molar-refractivity contribution in [2.45, 2.75) is 17.5 Å². The number of hydrogen-bond donors (Lipinski definition) is 1. The molecule has 1 aliphatic rings. The van der Waals surface area contributed by atoms with Gasteiger partial charge in [-0.2, -0.15) is 17.5 Å². The highest BCUT2D eigenvalue weighted by molar-refractivity contribution is 7.89. The van der Waals surface area contributed by atoms with Crippen molar-refractivity contribution in [2.75, 3.05) is 51.8 Å². The molecule has 1 N–H and O–H groups in total. The summed E-state index contributed by atoms with van der Waals surface area (Å²) in [5.74, 6) is -0.604. The van der Waals surface area contributed by atoms with Crippen LogP contribution in [0.5, 0.6) is 0 Å². The number of amides is 1. The summed E-state index contributed by atoms with van der Waals surface area (Å²) in [4.78, 5) is 13.3. The number of ether oxygens (including phenoxy) is 1. The van der Waals surface area contributed by atoms with E-state index in [1.807, 2.05) is 0 Å². The van der Waals surface area contributed by atoms with E-state index in [0.717, 1.165) is 0 Å². The van der Waals surface area contributed by atoms with E-state index < -0.39 is 28.5 Å². The number of carbonyl (C=O) groups excluding carboxylic acids is 1. The van der Waals surface area contributed by atoms with Gasteiger partial charge in [-0.3, -0.25) is 9.69 Å². The molecule has 2 rings (SSSR count). The van der Waals surface area contributed by atoms with E-state index in [2.05, 4.69) is 5.32 Å². The summed E-state index contributed by atoms with van der Waals surface area (Å²) in [6.45, 7) is 0.387. The maximum atomic E-state index is 12.7. The predicted molar refractivity (Wildman–Crippen MR) is 97.8 cm³/mol. The lowest BCUT2D eigenvalue weighted by atomic mass is 10.3. The number of rotatable bonds is 7. The van der Waals surface area contributed by atoms with Crippen molar-refractivity contribution >= 4 is 33.2 Å². The fourth-order valence-electron chi connectivity index (χ4n) is 2.53. The highest BCUT2D eigenvalue weighted by Crippen LogP contribution is 2.27. The molecule has 0 saturated carbocycles. The second-order valence-electron chi connectivity index (χ2n) is 6.31. The number of nitrogens with one attached hydrogen (secondary N) is 1. The first kappa shape index (κ1) is 22.9. The number of morpholine rings is 1. The Balaban J connectivity index is 2.05. The van der Waals surface area contributed by atoms with Crippen molar-refractivity contribution in [2.24, 2.45) is 0 Å². The number of hydrogen-bond acceptors (Lipinski definition) is 5. The SMILES string of the molecule is CN(CCC(F)(F)F)CC(=O)Nc1cc(S(=O)(=O)N2CCOCC2)ccc1Cl. The van der Waals surface area contributed by atoms with Crippen molar-refractivity contribution in [3.63, 3.8) is 0 Å². The molecule has 0 bridgehead atoms. The summed E-state index contributed by atoms with van der Waals surface area (Å²) in [6.07, 6.45) is -5.35. The molecule has 0 aromatic heterocycles. The molecule has 7 nitrogen and oxygen atoms in total. The molecule has 12 heteroatoms. The Morgan fingerprint density at radius 2 is 1.96 bits per heavy atom. The molecule has 0 unspecified atom stereocenters. The van der Waals surface area contributed by atoms with Gasteiger partial charge in [0.2, 0.25) is 15.9 Å². The van der Waals surface area contributed by atoms with E-state index in [9.17, 15) is 26.4 Å². The van der Waals surface area contributed by atoms with Gasteiger partial charge in [0, 0.05) is 19.6 Å². The van der Waals surface area contributed by atoms with Crippen molar-refractivity contribution in [3.8, 4) is 0 Å². The van der Waals surface area contributed by atoms with Crippen molar-refractivity contribution in [1.82, 2.24) is 9.21 Å². The van der Waals surface area contributed by atoms with Crippen LogP contribution in [0.25, 0.3) is 0 Å². The lowest BCUT2D eigenvalue weighted by Crippen LogP contribution is -2.40. The molecule has 1 aromatic rings. The van der Waals surface area contributed by atoms with E-state index in [-0.39, 0.29) is 41.8 Å². The first-order chi connectivity index (χ1) is 13.0. The van der Waals surface area contributed by atoms with Gasteiger partial charge in [0.15, 0.2) is 0 Å². The number of benzene rings is 1. The third-order valence-corrected chi connectivity index (χ3v) is 6.23. The molecule has 158 valence electrons. The number of sulfonamides is 1. The van der Waals surface area contributed by atoms with Gasteiger partial charge in [0.1, 0.15) is 0 Å².